The van der Waals surface area contributed by atoms with E-state index in [0.29, 0.717) is 27.8 Å². The van der Waals surface area contributed by atoms with Gasteiger partial charge in [-0.1, -0.05) is 12.1 Å². The number of aromatic amines is 1. The Hall–Kier alpha value is -2.74. The molecule has 0 atom stereocenters. The monoisotopic (exact) mass is 358 g/mol. The summed E-state index contributed by atoms with van der Waals surface area (Å²) in [6.45, 7) is 3.31. The molecule has 130 valence electrons. The first-order valence-electron chi connectivity index (χ1n) is 7.77. The SMILES string of the molecule is CC(C)S(=O)(=O)Cc1cccc(NC(=O)c2ccc3n[nH]nc3c2)c1. The molecule has 0 saturated carbocycles. The Morgan fingerprint density at radius 2 is 1.88 bits per heavy atom. The van der Waals surface area contributed by atoms with Crippen LogP contribution in [0.4, 0.5) is 5.69 Å². The van der Waals surface area contributed by atoms with Gasteiger partial charge in [-0.05, 0) is 49.7 Å². The molecule has 0 aliphatic rings. The van der Waals surface area contributed by atoms with Crippen LogP contribution >= 0.6 is 0 Å². The minimum Gasteiger partial charge on any atom is -0.322 e. The minimum absolute atomic E-state index is 0.0563. The van der Waals surface area contributed by atoms with Crippen molar-refractivity contribution in [3.63, 3.8) is 0 Å². The Morgan fingerprint density at radius 1 is 1.12 bits per heavy atom. The van der Waals surface area contributed by atoms with E-state index in [0.717, 1.165) is 0 Å². The molecule has 0 spiro atoms. The van der Waals surface area contributed by atoms with Crippen molar-refractivity contribution in [2.24, 2.45) is 0 Å². The van der Waals surface area contributed by atoms with Crippen molar-refractivity contribution < 1.29 is 13.2 Å². The number of sulfone groups is 1. The summed E-state index contributed by atoms with van der Waals surface area (Å²) in [6, 6.07) is 11.9. The van der Waals surface area contributed by atoms with Gasteiger partial charge in [0, 0.05) is 11.3 Å². The van der Waals surface area contributed by atoms with Crippen LogP contribution in [0.1, 0.15) is 29.8 Å². The molecule has 0 radical (unpaired) electrons. The van der Waals surface area contributed by atoms with Crippen LogP contribution in [0.5, 0.6) is 0 Å². The second-order valence-corrected chi connectivity index (χ2v) is 8.59. The number of rotatable bonds is 5. The van der Waals surface area contributed by atoms with Crippen LogP contribution in [-0.2, 0) is 15.6 Å². The van der Waals surface area contributed by atoms with Gasteiger partial charge in [-0.15, -0.1) is 0 Å². The third kappa shape index (κ3) is 3.85. The Bertz CT molecular complexity index is 1030. The molecule has 0 aliphatic carbocycles. The number of H-pyrrole nitrogens is 1. The topological polar surface area (TPSA) is 105 Å². The molecule has 8 heteroatoms. The van der Waals surface area contributed by atoms with Gasteiger partial charge in [0.2, 0.25) is 0 Å². The fourth-order valence-electron chi connectivity index (χ4n) is 2.32. The van der Waals surface area contributed by atoms with Crippen LogP contribution in [0.15, 0.2) is 42.5 Å². The summed E-state index contributed by atoms with van der Waals surface area (Å²) in [5.41, 5.74) is 2.91. The average Bonchev–Trinajstić information content (AvgIpc) is 3.02. The Balaban J connectivity index is 1.78. The Morgan fingerprint density at radius 3 is 2.64 bits per heavy atom. The Kier molecular flexibility index (Phi) is 4.54. The number of amides is 1. The molecule has 25 heavy (non-hydrogen) atoms. The number of benzene rings is 2. The largest absolute Gasteiger partial charge is 0.322 e. The summed E-state index contributed by atoms with van der Waals surface area (Å²) in [5, 5.41) is 12.7. The highest BCUT2D eigenvalue weighted by Crippen LogP contribution is 2.17. The van der Waals surface area contributed by atoms with Crippen molar-refractivity contribution in [1.82, 2.24) is 15.4 Å². The highest BCUT2D eigenvalue weighted by atomic mass is 32.2. The normalized spacial score (nSPS) is 11.8. The van der Waals surface area contributed by atoms with E-state index in [1.165, 1.54) is 0 Å². The van der Waals surface area contributed by atoms with Gasteiger partial charge < -0.3 is 5.32 Å². The third-order valence-electron chi connectivity index (χ3n) is 3.85. The smallest absolute Gasteiger partial charge is 0.255 e. The molecule has 3 rings (SSSR count). The third-order valence-corrected chi connectivity index (χ3v) is 6.02. The number of hydrogen-bond acceptors (Lipinski definition) is 5. The molecule has 1 amide bonds. The number of carbonyl (C=O) groups is 1. The molecule has 0 bridgehead atoms. The highest BCUT2D eigenvalue weighted by molar-refractivity contribution is 7.91. The molecule has 0 fully saturated rings. The quantitative estimate of drug-likeness (QED) is 0.729. The lowest BCUT2D eigenvalue weighted by Gasteiger charge is -2.10. The van der Waals surface area contributed by atoms with Gasteiger partial charge in [0.05, 0.1) is 11.0 Å². The lowest BCUT2D eigenvalue weighted by Crippen LogP contribution is -2.16. The zero-order valence-electron chi connectivity index (χ0n) is 13.9. The molecular weight excluding hydrogens is 340 g/mol. The molecule has 1 heterocycles. The van der Waals surface area contributed by atoms with Crippen molar-refractivity contribution in [2.75, 3.05) is 5.32 Å². The Labute approximate surface area is 145 Å². The van der Waals surface area contributed by atoms with E-state index in [9.17, 15) is 13.2 Å². The first-order valence-corrected chi connectivity index (χ1v) is 9.49. The summed E-state index contributed by atoms with van der Waals surface area (Å²) >= 11 is 0. The van der Waals surface area contributed by atoms with Gasteiger partial charge in [0.1, 0.15) is 11.0 Å². The van der Waals surface area contributed by atoms with Crippen molar-refractivity contribution in [2.45, 2.75) is 24.9 Å². The minimum atomic E-state index is -3.20. The molecule has 7 nitrogen and oxygen atoms in total. The summed E-state index contributed by atoms with van der Waals surface area (Å²) in [6.07, 6.45) is 0. The van der Waals surface area contributed by atoms with E-state index >= 15 is 0 Å². The highest BCUT2D eigenvalue weighted by Gasteiger charge is 2.17. The molecule has 0 unspecified atom stereocenters. The number of nitrogens with one attached hydrogen (secondary N) is 2. The first-order chi connectivity index (χ1) is 11.8. The molecule has 0 saturated heterocycles. The zero-order valence-corrected chi connectivity index (χ0v) is 14.7. The van der Waals surface area contributed by atoms with Crippen LogP contribution in [0.3, 0.4) is 0 Å². The second-order valence-electron chi connectivity index (χ2n) is 6.04. The van der Waals surface area contributed by atoms with Gasteiger partial charge in [-0.3, -0.25) is 4.79 Å². The van der Waals surface area contributed by atoms with E-state index in [-0.39, 0.29) is 11.7 Å². The van der Waals surface area contributed by atoms with Gasteiger partial charge in [-0.25, -0.2) is 8.42 Å². The molecule has 0 aliphatic heterocycles. The van der Waals surface area contributed by atoms with Crippen LogP contribution in [-0.4, -0.2) is 35.0 Å². The standard InChI is InChI=1S/C17H18N4O3S/c1-11(2)25(23,24)10-12-4-3-5-14(8-12)18-17(22)13-6-7-15-16(9-13)20-21-19-15/h3-9,11H,10H2,1-2H3,(H,18,22)(H,19,20,21). The van der Waals surface area contributed by atoms with Crippen molar-refractivity contribution in [3.05, 3.63) is 53.6 Å². The van der Waals surface area contributed by atoms with Crippen LogP contribution in [0.25, 0.3) is 11.0 Å². The van der Waals surface area contributed by atoms with E-state index in [1.54, 1.807) is 56.3 Å². The number of carbonyl (C=O) groups excluding carboxylic acids is 1. The van der Waals surface area contributed by atoms with Gasteiger partial charge in [0.15, 0.2) is 9.84 Å². The van der Waals surface area contributed by atoms with E-state index in [2.05, 4.69) is 20.7 Å². The summed E-state index contributed by atoms with van der Waals surface area (Å²) in [4.78, 5) is 12.4. The van der Waals surface area contributed by atoms with E-state index in [1.807, 2.05) is 0 Å². The first kappa shape index (κ1) is 17.1. The van der Waals surface area contributed by atoms with Crippen molar-refractivity contribution >= 4 is 32.5 Å². The maximum Gasteiger partial charge on any atom is 0.255 e. The number of hydrogen-bond donors (Lipinski definition) is 2. The number of fused-ring (bicyclic) bond motifs is 1. The van der Waals surface area contributed by atoms with Crippen LogP contribution < -0.4 is 5.32 Å². The number of nitrogens with zero attached hydrogens (tertiary/aromatic N) is 2. The van der Waals surface area contributed by atoms with Crippen LogP contribution in [0.2, 0.25) is 0 Å². The fourth-order valence-corrected chi connectivity index (χ4v) is 3.30. The predicted molar refractivity (Wildman–Crippen MR) is 96.0 cm³/mol. The summed E-state index contributed by atoms with van der Waals surface area (Å²) < 4.78 is 24.1. The summed E-state index contributed by atoms with van der Waals surface area (Å²) in [7, 11) is -3.20. The maximum atomic E-state index is 12.4. The fraction of sp³-hybridized carbons (Fsp3) is 0.235. The molecule has 2 aromatic carbocycles. The lowest BCUT2D eigenvalue weighted by atomic mass is 10.1. The second kappa shape index (κ2) is 6.64. The van der Waals surface area contributed by atoms with Crippen molar-refractivity contribution in [3.8, 4) is 0 Å². The van der Waals surface area contributed by atoms with Gasteiger partial charge in [0.25, 0.3) is 5.91 Å². The number of anilines is 1. The molecule has 1 aromatic heterocycles. The van der Waals surface area contributed by atoms with Gasteiger partial charge in [-0.2, -0.15) is 15.4 Å². The summed E-state index contributed by atoms with van der Waals surface area (Å²) in [5.74, 6) is -0.354. The number of aromatic nitrogens is 3. The van der Waals surface area contributed by atoms with Gasteiger partial charge >= 0.3 is 0 Å². The molecule has 3 aromatic rings. The van der Waals surface area contributed by atoms with E-state index in [4.69, 9.17) is 0 Å². The molecule has 2 N–H and O–H groups in total. The zero-order chi connectivity index (χ0) is 18.0. The predicted octanol–water partition coefficient (Wildman–Crippen LogP) is 2.53. The lowest BCUT2D eigenvalue weighted by molar-refractivity contribution is 0.102. The van der Waals surface area contributed by atoms with E-state index < -0.39 is 15.1 Å². The molecular formula is C17H18N4O3S. The van der Waals surface area contributed by atoms with Crippen LogP contribution in [0, 0.1) is 0 Å². The maximum absolute atomic E-state index is 12.4. The van der Waals surface area contributed by atoms with Crippen molar-refractivity contribution in [1.29, 1.82) is 0 Å². The average molecular weight is 358 g/mol.